The summed E-state index contributed by atoms with van der Waals surface area (Å²) in [6.07, 6.45) is 3.27. The van der Waals surface area contributed by atoms with Gasteiger partial charge in [0.05, 0.1) is 0 Å². The van der Waals surface area contributed by atoms with E-state index < -0.39 is 18.0 Å². The van der Waals surface area contributed by atoms with Crippen LogP contribution in [0.5, 0.6) is 0 Å². The number of nitrogens with one attached hydrogen (secondary N) is 2. The van der Waals surface area contributed by atoms with Crippen LogP contribution in [0.2, 0.25) is 0 Å². The molecule has 7 nitrogen and oxygen atoms in total. The number of aromatic nitrogens is 2. The third kappa shape index (κ3) is 1.71. The van der Waals surface area contributed by atoms with Gasteiger partial charge in [-0.05, 0) is 12.1 Å². The molecule has 0 bridgehead atoms. The fourth-order valence-electron chi connectivity index (χ4n) is 1.70. The molecular weight excluding hydrogens is 236 g/mol. The molecule has 90 valence electrons. The van der Waals surface area contributed by atoms with Gasteiger partial charge in [0, 0.05) is 24.0 Å². The van der Waals surface area contributed by atoms with Gasteiger partial charge in [0.25, 0.3) is 5.91 Å². The number of carbonyl (C=O) groups is 2. The van der Waals surface area contributed by atoms with E-state index in [1.807, 2.05) is 0 Å². The lowest BCUT2D eigenvalue weighted by Gasteiger charge is -1.99. The molecule has 1 aliphatic rings. The molecule has 0 radical (unpaired) electrons. The van der Waals surface area contributed by atoms with Crippen molar-refractivity contribution in [1.29, 1.82) is 0 Å². The molecule has 0 spiro atoms. The van der Waals surface area contributed by atoms with E-state index in [1.165, 1.54) is 0 Å². The second kappa shape index (κ2) is 3.95. The Bertz CT molecular complexity index is 608. The normalized spacial score (nSPS) is 18.6. The Morgan fingerprint density at radius 3 is 2.67 bits per heavy atom. The predicted molar refractivity (Wildman–Crippen MR) is 59.1 cm³/mol. The van der Waals surface area contributed by atoms with Crippen LogP contribution in [0.4, 0.5) is 4.79 Å². The molecule has 0 aliphatic carbocycles. The maximum absolute atomic E-state index is 11.4. The van der Waals surface area contributed by atoms with Gasteiger partial charge in [0.15, 0.2) is 11.8 Å². The fourth-order valence-corrected chi connectivity index (χ4v) is 1.70. The minimum atomic E-state index is -0.819. The monoisotopic (exact) mass is 244 g/mol. The first-order valence-electron chi connectivity index (χ1n) is 5.22. The summed E-state index contributed by atoms with van der Waals surface area (Å²) in [5.74, 6) is -0.150. The molecule has 2 aromatic heterocycles. The third-order valence-electron chi connectivity index (χ3n) is 2.56. The smallest absolute Gasteiger partial charge is 0.322 e. The maximum Gasteiger partial charge on any atom is 0.322 e. The topological polar surface area (TPSA) is 97.1 Å². The SMILES string of the molecule is O=C1NC(=O)[C@H](c2cc(-c3ccncc3)no2)N1. The Kier molecular flexibility index (Phi) is 2.30. The van der Waals surface area contributed by atoms with Crippen LogP contribution >= 0.6 is 0 Å². The molecule has 2 aromatic rings. The second-order valence-corrected chi connectivity index (χ2v) is 3.75. The van der Waals surface area contributed by atoms with Crippen molar-refractivity contribution in [2.45, 2.75) is 6.04 Å². The summed E-state index contributed by atoms with van der Waals surface area (Å²) in [4.78, 5) is 26.3. The van der Waals surface area contributed by atoms with Crippen LogP contribution in [0.25, 0.3) is 11.3 Å². The molecule has 2 N–H and O–H groups in total. The van der Waals surface area contributed by atoms with Gasteiger partial charge in [0.2, 0.25) is 0 Å². The van der Waals surface area contributed by atoms with Crippen molar-refractivity contribution in [1.82, 2.24) is 20.8 Å². The highest BCUT2D eigenvalue weighted by Gasteiger charge is 2.34. The molecule has 0 unspecified atom stereocenters. The fraction of sp³-hybridized carbons (Fsp3) is 0.0909. The number of carbonyl (C=O) groups excluding carboxylic acids is 2. The number of rotatable bonds is 2. The third-order valence-corrected chi connectivity index (χ3v) is 2.56. The molecule has 1 saturated heterocycles. The van der Waals surface area contributed by atoms with Crippen LogP contribution in [0.15, 0.2) is 35.1 Å². The summed E-state index contributed by atoms with van der Waals surface area (Å²) in [5.41, 5.74) is 1.41. The number of imide groups is 1. The van der Waals surface area contributed by atoms with Gasteiger partial charge in [-0.1, -0.05) is 5.16 Å². The van der Waals surface area contributed by atoms with Gasteiger partial charge in [0.1, 0.15) is 5.69 Å². The second-order valence-electron chi connectivity index (χ2n) is 3.75. The van der Waals surface area contributed by atoms with Crippen molar-refractivity contribution >= 4 is 11.9 Å². The van der Waals surface area contributed by atoms with Gasteiger partial charge in [-0.25, -0.2) is 4.79 Å². The number of amides is 3. The maximum atomic E-state index is 11.4. The number of hydrogen-bond acceptors (Lipinski definition) is 5. The predicted octanol–water partition coefficient (Wildman–Crippen LogP) is 0.617. The van der Waals surface area contributed by atoms with E-state index in [2.05, 4.69) is 20.8 Å². The van der Waals surface area contributed by atoms with E-state index >= 15 is 0 Å². The van der Waals surface area contributed by atoms with E-state index in [1.54, 1.807) is 30.6 Å². The zero-order valence-corrected chi connectivity index (χ0v) is 9.08. The number of nitrogens with zero attached hydrogens (tertiary/aromatic N) is 2. The summed E-state index contributed by atoms with van der Waals surface area (Å²) in [6, 6.07) is 3.81. The first kappa shape index (κ1) is 10.5. The molecule has 1 fully saturated rings. The van der Waals surface area contributed by atoms with Crippen LogP contribution in [0.1, 0.15) is 11.8 Å². The molecule has 0 saturated carbocycles. The zero-order valence-electron chi connectivity index (χ0n) is 9.08. The van der Waals surface area contributed by atoms with Crippen LogP contribution in [-0.2, 0) is 4.79 Å². The summed E-state index contributed by atoms with van der Waals surface area (Å²) in [5, 5.41) is 8.42. The Labute approximate surface area is 101 Å². The van der Waals surface area contributed by atoms with Crippen molar-refractivity contribution in [2.24, 2.45) is 0 Å². The van der Waals surface area contributed by atoms with E-state index in [4.69, 9.17) is 4.52 Å². The number of hydrogen-bond donors (Lipinski definition) is 2. The molecule has 1 atom stereocenters. The van der Waals surface area contributed by atoms with Crippen LogP contribution < -0.4 is 10.6 Å². The van der Waals surface area contributed by atoms with Crippen molar-refractivity contribution < 1.29 is 14.1 Å². The van der Waals surface area contributed by atoms with E-state index in [0.29, 0.717) is 11.5 Å². The van der Waals surface area contributed by atoms with Crippen molar-refractivity contribution in [3.05, 3.63) is 36.4 Å². The standard InChI is InChI=1S/C11H8N4O3/c16-10-9(13-11(17)14-10)8-5-7(15-18-8)6-1-3-12-4-2-6/h1-5,9H,(H2,13,14,16,17)/t9-/m0/s1. The van der Waals surface area contributed by atoms with E-state index in [-0.39, 0.29) is 0 Å². The van der Waals surface area contributed by atoms with Gasteiger partial charge in [-0.15, -0.1) is 0 Å². The highest BCUT2D eigenvalue weighted by Crippen LogP contribution is 2.23. The van der Waals surface area contributed by atoms with Crippen LogP contribution in [-0.4, -0.2) is 22.1 Å². The van der Waals surface area contributed by atoms with Crippen LogP contribution in [0, 0.1) is 0 Å². The average molecular weight is 244 g/mol. The largest absolute Gasteiger partial charge is 0.358 e. The average Bonchev–Trinajstić information content (AvgIpc) is 2.97. The molecule has 3 amide bonds. The molecule has 7 heteroatoms. The Hall–Kier alpha value is -2.70. The van der Waals surface area contributed by atoms with E-state index in [9.17, 15) is 9.59 Å². The summed E-state index contributed by atoms with van der Waals surface area (Å²) in [7, 11) is 0. The molecule has 18 heavy (non-hydrogen) atoms. The summed E-state index contributed by atoms with van der Waals surface area (Å²) < 4.78 is 5.08. The lowest BCUT2D eigenvalue weighted by molar-refractivity contribution is -0.120. The Balaban J connectivity index is 1.91. The summed E-state index contributed by atoms with van der Waals surface area (Å²) >= 11 is 0. The molecule has 3 rings (SSSR count). The zero-order chi connectivity index (χ0) is 12.5. The molecule has 1 aliphatic heterocycles. The van der Waals surface area contributed by atoms with Gasteiger partial charge >= 0.3 is 6.03 Å². The highest BCUT2D eigenvalue weighted by atomic mass is 16.5. The van der Waals surface area contributed by atoms with Gasteiger partial charge in [-0.3, -0.25) is 15.1 Å². The Morgan fingerprint density at radius 1 is 1.22 bits per heavy atom. The first-order valence-corrected chi connectivity index (χ1v) is 5.22. The minimum Gasteiger partial charge on any atom is -0.358 e. The summed E-state index contributed by atoms with van der Waals surface area (Å²) in [6.45, 7) is 0. The highest BCUT2D eigenvalue weighted by molar-refractivity contribution is 6.04. The van der Waals surface area contributed by atoms with E-state index in [0.717, 1.165) is 5.56 Å². The first-order chi connectivity index (χ1) is 8.74. The molecular formula is C11H8N4O3. The molecule has 0 aromatic carbocycles. The number of pyridine rings is 1. The Morgan fingerprint density at radius 2 is 2.00 bits per heavy atom. The lowest BCUT2D eigenvalue weighted by Crippen LogP contribution is -2.22. The quantitative estimate of drug-likeness (QED) is 0.754. The van der Waals surface area contributed by atoms with Crippen LogP contribution in [0.3, 0.4) is 0 Å². The number of urea groups is 1. The minimum absolute atomic E-state index is 0.296. The van der Waals surface area contributed by atoms with Crippen molar-refractivity contribution in [2.75, 3.05) is 0 Å². The van der Waals surface area contributed by atoms with Gasteiger partial charge in [-0.2, -0.15) is 0 Å². The van der Waals surface area contributed by atoms with Gasteiger partial charge < -0.3 is 9.84 Å². The lowest BCUT2D eigenvalue weighted by atomic mass is 10.1. The van der Waals surface area contributed by atoms with Crippen molar-refractivity contribution in [3.63, 3.8) is 0 Å². The molecule has 3 heterocycles. The van der Waals surface area contributed by atoms with Crippen molar-refractivity contribution in [3.8, 4) is 11.3 Å².